The average Bonchev–Trinajstić information content (AvgIpc) is 2.41. The highest BCUT2D eigenvalue weighted by atomic mass is 19.1. The normalized spacial score (nSPS) is 34.3. The Balaban J connectivity index is 1.81. The van der Waals surface area contributed by atoms with Crippen LogP contribution in [0.15, 0.2) is 0 Å². The van der Waals surface area contributed by atoms with Gasteiger partial charge in [-0.25, -0.2) is 4.39 Å². The van der Waals surface area contributed by atoms with Crippen LogP contribution in [0.2, 0.25) is 0 Å². The number of hydrogen-bond acceptors (Lipinski definition) is 3. The molecule has 0 bridgehead atoms. The molecular weight excluding hydrogens is 207 g/mol. The topological polar surface area (TPSA) is 15.7 Å². The Kier molecular flexibility index (Phi) is 3.25. The second kappa shape index (κ2) is 4.24. The van der Waals surface area contributed by atoms with Gasteiger partial charge in [0.25, 0.3) is 0 Å². The molecule has 2 saturated heterocycles. The van der Waals surface area contributed by atoms with Gasteiger partial charge in [-0.1, -0.05) is 0 Å². The predicted octanol–water partition coefficient (Wildman–Crippen LogP) is 1.14. The van der Waals surface area contributed by atoms with Crippen molar-refractivity contribution in [1.29, 1.82) is 0 Å². The van der Waals surface area contributed by atoms with E-state index in [9.17, 15) is 4.39 Å². The largest absolute Gasteiger partial charge is 0.377 e. The van der Waals surface area contributed by atoms with Gasteiger partial charge in [-0.15, -0.1) is 0 Å². The van der Waals surface area contributed by atoms with E-state index in [0.717, 1.165) is 19.6 Å². The van der Waals surface area contributed by atoms with Crippen molar-refractivity contribution in [3.05, 3.63) is 0 Å². The number of alkyl halides is 1. The molecule has 0 amide bonds. The Labute approximate surface area is 97.5 Å². The van der Waals surface area contributed by atoms with Crippen molar-refractivity contribution >= 4 is 0 Å². The second-order valence-corrected chi connectivity index (χ2v) is 5.97. The lowest BCUT2D eigenvalue weighted by molar-refractivity contribution is -0.0190. The summed E-state index contributed by atoms with van der Waals surface area (Å²) < 4.78 is 18.6. The Bertz CT molecular complexity index is 248. The van der Waals surface area contributed by atoms with Crippen molar-refractivity contribution < 1.29 is 9.13 Å². The summed E-state index contributed by atoms with van der Waals surface area (Å²) in [5, 5.41) is 0. The monoisotopic (exact) mass is 230 g/mol. The molecule has 2 aliphatic heterocycles. The standard InChI is InChI=1S/C12H23FN2O/c1-12(2,3)15-5-9(6-15)14-7-10(13)11(8-14)16-4/h9-11H,5-8H2,1-4H3/t10-,11-/m0/s1. The van der Waals surface area contributed by atoms with E-state index in [2.05, 4.69) is 30.6 Å². The van der Waals surface area contributed by atoms with Crippen LogP contribution in [0.5, 0.6) is 0 Å². The molecule has 16 heavy (non-hydrogen) atoms. The molecule has 0 saturated carbocycles. The minimum absolute atomic E-state index is 0.219. The summed E-state index contributed by atoms with van der Waals surface area (Å²) in [6, 6.07) is 0.526. The highest BCUT2D eigenvalue weighted by Crippen LogP contribution is 2.28. The highest BCUT2D eigenvalue weighted by molar-refractivity contribution is 4.98. The van der Waals surface area contributed by atoms with Crippen LogP contribution in [0, 0.1) is 0 Å². The molecule has 2 aliphatic rings. The third-order valence-corrected chi connectivity index (χ3v) is 3.86. The third kappa shape index (κ3) is 2.24. The van der Waals surface area contributed by atoms with Gasteiger partial charge in [0.05, 0.1) is 0 Å². The molecule has 0 aromatic heterocycles. The fraction of sp³-hybridized carbons (Fsp3) is 1.00. The maximum atomic E-state index is 13.5. The van der Waals surface area contributed by atoms with Gasteiger partial charge >= 0.3 is 0 Å². The van der Waals surface area contributed by atoms with E-state index in [1.54, 1.807) is 7.11 Å². The van der Waals surface area contributed by atoms with Crippen LogP contribution in [0.3, 0.4) is 0 Å². The van der Waals surface area contributed by atoms with Crippen molar-refractivity contribution in [2.75, 3.05) is 33.3 Å². The van der Waals surface area contributed by atoms with Crippen molar-refractivity contribution in [2.24, 2.45) is 0 Å². The summed E-state index contributed by atoms with van der Waals surface area (Å²) in [5.74, 6) is 0. The molecule has 0 unspecified atom stereocenters. The number of hydrogen-bond donors (Lipinski definition) is 0. The van der Waals surface area contributed by atoms with Crippen molar-refractivity contribution in [2.45, 2.75) is 44.6 Å². The molecule has 0 aromatic rings. The molecule has 3 nitrogen and oxygen atoms in total. The van der Waals surface area contributed by atoms with Crippen LogP contribution in [0.4, 0.5) is 4.39 Å². The van der Waals surface area contributed by atoms with E-state index in [1.165, 1.54) is 0 Å². The minimum Gasteiger partial charge on any atom is -0.377 e. The van der Waals surface area contributed by atoms with Gasteiger partial charge < -0.3 is 4.74 Å². The Morgan fingerprint density at radius 2 is 1.75 bits per heavy atom. The first-order chi connectivity index (χ1) is 7.41. The third-order valence-electron chi connectivity index (χ3n) is 3.86. The van der Waals surface area contributed by atoms with E-state index in [4.69, 9.17) is 4.74 Å². The zero-order valence-corrected chi connectivity index (χ0v) is 10.7. The van der Waals surface area contributed by atoms with Gasteiger partial charge in [0.15, 0.2) is 0 Å². The number of rotatable bonds is 2. The van der Waals surface area contributed by atoms with E-state index in [1.807, 2.05) is 0 Å². The van der Waals surface area contributed by atoms with Crippen LogP contribution in [0.1, 0.15) is 20.8 Å². The number of likely N-dealkylation sites (tertiary alicyclic amines) is 2. The van der Waals surface area contributed by atoms with E-state index < -0.39 is 6.17 Å². The molecule has 2 atom stereocenters. The zero-order chi connectivity index (χ0) is 11.9. The number of halogens is 1. The van der Waals surface area contributed by atoms with Gasteiger partial charge in [-0.05, 0) is 20.8 Å². The molecule has 4 heteroatoms. The Morgan fingerprint density at radius 3 is 2.19 bits per heavy atom. The van der Waals surface area contributed by atoms with E-state index >= 15 is 0 Å². The summed E-state index contributed by atoms with van der Waals surface area (Å²) in [6.07, 6.45) is -1.03. The molecule has 0 aromatic carbocycles. The number of nitrogens with zero attached hydrogens (tertiary/aromatic N) is 2. The van der Waals surface area contributed by atoms with Crippen LogP contribution in [0.25, 0.3) is 0 Å². The molecule has 2 rings (SSSR count). The summed E-state index contributed by atoms with van der Waals surface area (Å²) in [7, 11) is 1.60. The fourth-order valence-corrected chi connectivity index (χ4v) is 2.52. The summed E-state index contributed by atoms with van der Waals surface area (Å²) in [6.45, 7) is 10.1. The number of ether oxygens (including phenoxy) is 1. The smallest absolute Gasteiger partial charge is 0.140 e. The summed E-state index contributed by atoms with van der Waals surface area (Å²) in [5.41, 5.74) is 0.242. The van der Waals surface area contributed by atoms with E-state index in [-0.39, 0.29) is 11.6 Å². The summed E-state index contributed by atoms with van der Waals surface area (Å²) in [4.78, 5) is 4.67. The lowest BCUT2D eigenvalue weighted by atomic mass is 9.97. The second-order valence-electron chi connectivity index (χ2n) is 5.97. The lowest BCUT2D eigenvalue weighted by Crippen LogP contribution is -2.64. The SMILES string of the molecule is CO[C@H]1CN(C2CN(C(C)(C)C)C2)C[C@@H]1F. The molecule has 0 aliphatic carbocycles. The van der Waals surface area contributed by atoms with Crippen LogP contribution >= 0.6 is 0 Å². The van der Waals surface area contributed by atoms with E-state index in [0.29, 0.717) is 12.6 Å². The Hall–Kier alpha value is -0.190. The van der Waals surface area contributed by atoms with Crippen LogP contribution < -0.4 is 0 Å². The molecule has 2 heterocycles. The Morgan fingerprint density at radius 1 is 1.12 bits per heavy atom. The fourth-order valence-electron chi connectivity index (χ4n) is 2.52. The first-order valence-corrected chi connectivity index (χ1v) is 6.08. The van der Waals surface area contributed by atoms with Gasteiger partial charge in [-0.3, -0.25) is 9.80 Å². The molecule has 0 N–H and O–H groups in total. The van der Waals surface area contributed by atoms with Gasteiger partial charge in [0.2, 0.25) is 0 Å². The quantitative estimate of drug-likeness (QED) is 0.707. The highest BCUT2D eigenvalue weighted by Gasteiger charge is 2.43. The molecule has 0 spiro atoms. The number of methoxy groups -OCH3 is 1. The van der Waals surface area contributed by atoms with Gasteiger partial charge in [-0.2, -0.15) is 0 Å². The lowest BCUT2D eigenvalue weighted by Gasteiger charge is -2.50. The van der Waals surface area contributed by atoms with Crippen molar-refractivity contribution in [1.82, 2.24) is 9.80 Å². The maximum absolute atomic E-state index is 13.5. The minimum atomic E-state index is -0.811. The molecule has 94 valence electrons. The summed E-state index contributed by atoms with van der Waals surface area (Å²) >= 11 is 0. The van der Waals surface area contributed by atoms with Gasteiger partial charge in [0.1, 0.15) is 12.3 Å². The maximum Gasteiger partial charge on any atom is 0.140 e. The van der Waals surface area contributed by atoms with Crippen LogP contribution in [-0.4, -0.2) is 66.9 Å². The van der Waals surface area contributed by atoms with Gasteiger partial charge in [0, 0.05) is 44.9 Å². The van der Waals surface area contributed by atoms with Crippen LogP contribution in [-0.2, 0) is 4.74 Å². The molecular formula is C12H23FN2O. The predicted molar refractivity (Wildman–Crippen MR) is 62.4 cm³/mol. The van der Waals surface area contributed by atoms with Crippen molar-refractivity contribution in [3.63, 3.8) is 0 Å². The molecule has 2 fully saturated rings. The molecule has 0 radical (unpaired) electrons. The first kappa shape index (κ1) is 12.3. The zero-order valence-electron chi connectivity index (χ0n) is 10.7. The van der Waals surface area contributed by atoms with Crippen molar-refractivity contribution in [3.8, 4) is 0 Å². The average molecular weight is 230 g/mol. The first-order valence-electron chi connectivity index (χ1n) is 6.08.